The Hall–Kier alpha value is -0.390. The molecule has 2 rings (SSSR count). The highest BCUT2D eigenvalue weighted by Crippen LogP contribution is 2.30. The molecule has 1 N–H and O–H groups in total. The third-order valence-corrected chi connectivity index (χ3v) is 3.72. The Morgan fingerprint density at radius 1 is 1.47 bits per heavy atom. The highest BCUT2D eigenvalue weighted by molar-refractivity contribution is 6.99. The molecule has 1 aliphatic heterocycles. The molecule has 0 unspecified atom stereocenters. The first-order valence-electron chi connectivity index (χ1n) is 4.99. The monoisotopic (exact) mass is 247 g/mol. The third-order valence-electron chi connectivity index (χ3n) is 2.83. The highest BCUT2D eigenvalue weighted by atomic mass is 35.5. The van der Waals surface area contributed by atoms with Gasteiger partial charge >= 0.3 is 0 Å². The molecule has 0 bridgehead atoms. The van der Waals surface area contributed by atoms with Crippen LogP contribution in [0.15, 0.2) is 0 Å². The van der Waals surface area contributed by atoms with Crippen LogP contribution in [0.2, 0.25) is 5.15 Å². The largest absolute Gasteiger partial charge is 0.381 e. The number of anilines is 1. The molecule has 0 radical (unpaired) electrons. The second-order valence-electron chi connectivity index (χ2n) is 4.18. The summed E-state index contributed by atoms with van der Waals surface area (Å²) < 4.78 is 13.3. The van der Waals surface area contributed by atoms with Crippen LogP contribution in [0, 0.1) is 5.41 Å². The summed E-state index contributed by atoms with van der Waals surface area (Å²) in [5, 5.41) is 3.72. The van der Waals surface area contributed by atoms with Gasteiger partial charge in [-0.15, -0.1) is 0 Å². The van der Waals surface area contributed by atoms with Gasteiger partial charge in [-0.3, -0.25) is 0 Å². The number of nitrogens with zero attached hydrogens (tertiary/aromatic N) is 2. The van der Waals surface area contributed by atoms with Gasteiger partial charge in [-0.1, -0.05) is 18.5 Å². The Morgan fingerprint density at radius 2 is 2.20 bits per heavy atom. The average Bonchev–Trinajstić information content (AvgIpc) is 2.62. The molecule has 1 aromatic rings. The van der Waals surface area contributed by atoms with Crippen molar-refractivity contribution < 1.29 is 4.74 Å². The van der Waals surface area contributed by atoms with Crippen molar-refractivity contribution >= 4 is 29.1 Å². The molecule has 0 spiro atoms. The summed E-state index contributed by atoms with van der Waals surface area (Å²) in [5.41, 5.74) is 0.283. The Labute approximate surface area is 98.3 Å². The van der Waals surface area contributed by atoms with Crippen molar-refractivity contribution in [2.45, 2.75) is 19.8 Å². The van der Waals surface area contributed by atoms with Crippen molar-refractivity contribution in [3.05, 3.63) is 5.15 Å². The molecule has 84 valence electrons. The van der Waals surface area contributed by atoms with E-state index < -0.39 is 0 Å². The van der Waals surface area contributed by atoms with Crippen LogP contribution >= 0.6 is 23.3 Å². The van der Waals surface area contributed by atoms with Crippen molar-refractivity contribution in [1.29, 1.82) is 0 Å². The smallest absolute Gasteiger partial charge is 0.186 e. The van der Waals surface area contributed by atoms with Crippen LogP contribution in [-0.4, -0.2) is 28.5 Å². The second-order valence-corrected chi connectivity index (χ2v) is 5.07. The van der Waals surface area contributed by atoms with Gasteiger partial charge in [-0.25, -0.2) is 0 Å². The molecule has 1 fully saturated rings. The fourth-order valence-corrected chi connectivity index (χ4v) is 2.30. The van der Waals surface area contributed by atoms with Gasteiger partial charge in [-0.05, 0) is 18.3 Å². The van der Waals surface area contributed by atoms with E-state index in [0.717, 1.165) is 44.3 Å². The van der Waals surface area contributed by atoms with Crippen molar-refractivity contribution in [2.75, 3.05) is 25.1 Å². The van der Waals surface area contributed by atoms with Crippen LogP contribution in [0.3, 0.4) is 0 Å². The SMILES string of the molecule is CC1(CNc2nsnc2Cl)CCOCC1. The third kappa shape index (κ3) is 2.80. The predicted molar refractivity (Wildman–Crippen MR) is 61.6 cm³/mol. The summed E-state index contributed by atoms with van der Waals surface area (Å²) in [6.45, 7) is 4.83. The second kappa shape index (κ2) is 4.63. The Morgan fingerprint density at radius 3 is 2.80 bits per heavy atom. The number of nitrogens with one attached hydrogen (secondary N) is 1. The molecule has 1 aromatic heterocycles. The van der Waals surface area contributed by atoms with Gasteiger partial charge in [0.15, 0.2) is 11.0 Å². The molecule has 1 aliphatic rings. The minimum atomic E-state index is 0.283. The number of ether oxygens (including phenoxy) is 1. The van der Waals surface area contributed by atoms with Crippen LogP contribution < -0.4 is 5.32 Å². The fourth-order valence-electron chi connectivity index (χ4n) is 1.62. The zero-order valence-corrected chi connectivity index (χ0v) is 10.2. The molecule has 2 heterocycles. The Kier molecular flexibility index (Phi) is 3.43. The summed E-state index contributed by atoms with van der Waals surface area (Å²) in [7, 11) is 0. The molecule has 0 atom stereocenters. The lowest BCUT2D eigenvalue weighted by Crippen LogP contribution is -2.33. The summed E-state index contributed by atoms with van der Waals surface area (Å²) in [5.74, 6) is 0.703. The van der Waals surface area contributed by atoms with Crippen molar-refractivity contribution in [1.82, 2.24) is 8.75 Å². The molecule has 0 amide bonds. The Balaban J connectivity index is 1.89. The standard InChI is InChI=1S/C9H14ClN3OS/c1-9(2-4-14-5-3-9)6-11-8-7(10)12-15-13-8/h2-6H2,1H3,(H,11,13). The van der Waals surface area contributed by atoms with E-state index in [9.17, 15) is 0 Å². The molecular formula is C9H14ClN3OS. The molecule has 15 heavy (non-hydrogen) atoms. The van der Waals surface area contributed by atoms with Crippen LogP contribution in [0.4, 0.5) is 5.82 Å². The summed E-state index contributed by atoms with van der Waals surface area (Å²) >= 11 is 6.99. The van der Waals surface area contributed by atoms with Crippen LogP contribution in [0.25, 0.3) is 0 Å². The van der Waals surface area contributed by atoms with Gasteiger partial charge in [0.25, 0.3) is 0 Å². The molecular weight excluding hydrogens is 234 g/mol. The number of aromatic nitrogens is 2. The summed E-state index contributed by atoms with van der Waals surface area (Å²) in [6.07, 6.45) is 2.16. The molecule has 0 aliphatic carbocycles. The van der Waals surface area contributed by atoms with Gasteiger partial charge in [0.2, 0.25) is 0 Å². The van der Waals surface area contributed by atoms with E-state index in [1.165, 1.54) is 0 Å². The molecule has 0 aromatic carbocycles. The number of rotatable bonds is 3. The quantitative estimate of drug-likeness (QED) is 0.891. The first-order chi connectivity index (χ1) is 7.20. The minimum absolute atomic E-state index is 0.283. The maximum absolute atomic E-state index is 5.85. The van der Waals surface area contributed by atoms with Crippen LogP contribution in [-0.2, 0) is 4.74 Å². The van der Waals surface area contributed by atoms with Gasteiger partial charge < -0.3 is 10.1 Å². The zero-order chi connectivity index (χ0) is 10.7. The average molecular weight is 248 g/mol. The summed E-state index contributed by atoms with van der Waals surface area (Å²) in [4.78, 5) is 0. The number of halogens is 1. The predicted octanol–water partition coefficient (Wildman–Crippen LogP) is 2.42. The zero-order valence-electron chi connectivity index (χ0n) is 8.62. The van der Waals surface area contributed by atoms with E-state index in [2.05, 4.69) is 21.0 Å². The van der Waals surface area contributed by atoms with E-state index in [0.29, 0.717) is 11.0 Å². The van der Waals surface area contributed by atoms with Gasteiger partial charge in [0.05, 0.1) is 11.7 Å². The van der Waals surface area contributed by atoms with E-state index in [4.69, 9.17) is 16.3 Å². The molecule has 1 saturated heterocycles. The lowest BCUT2D eigenvalue weighted by Gasteiger charge is -2.33. The fraction of sp³-hybridized carbons (Fsp3) is 0.778. The first-order valence-corrected chi connectivity index (χ1v) is 6.10. The van der Waals surface area contributed by atoms with Crippen LogP contribution in [0.1, 0.15) is 19.8 Å². The van der Waals surface area contributed by atoms with Gasteiger partial charge in [0, 0.05) is 19.8 Å². The van der Waals surface area contributed by atoms with Crippen LogP contribution in [0.5, 0.6) is 0 Å². The molecule has 6 heteroatoms. The van der Waals surface area contributed by atoms with E-state index in [1.807, 2.05) is 0 Å². The lowest BCUT2D eigenvalue weighted by atomic mass is 9.82. The number of hydrogen-bond donors (Lipinski definition) is 1. The normalized spacial score (nSPS) is 20.1. The maximum Gasteiger partial charge on any atom is 0.186 e. The van der Waals surface area contributed by atoms with E-state index in [1.54, 1.807) is 0 Å². The van der Waals surface area contributed by atoms with Crippen molar-refractivity contribution in [3.63, 3.8) is 0 Å². The number of hydrogen-bond acceptors (Lipinski definition) is 5. The van der Waals surface area contributed by atoms with E-state index in [-0.39, 0.29) is 5.41 Å². The van der Waals surface area contributed by atoms with Gasteiger partial charge in [-0.2, -0.15) is 8.75 Å². The molecule has 4 nitrogen and oxygen atoms in total. The van der Waals surface area contributed by atoms with Gasteiger partial charge in [0.1, 0.15) is 0 Å². The van der Waals surface area contributed by atoms with Crippen molar-refractivity contribution in [3.8, 4) is 0 Å². The van der Waals surface area contributed by atoms with Crippen molar-refractivity contribution in [2.24, 2.45) is 5.41 Å². The molecule has 0 saturated carbocycles. The first kappa shape index (κ1) is 11.1. The minimum Gasteiger partial charge on any atom is -0.381 e. The summed E-state index contributed by atoms with van der Waals surface area (Å²) in [6, 6.07) is 0. The highest BCUT2D eigenvalue weighted by Gasteiger charge is 2.27. The Bertz CT molecular complexity index is 325. The lowest BCUT2D eigenvalue weighted by molar-refractivity contribution is 0.0300. The maximum atomic E-state index is 5.85. The topological polar surface area (TPSA) is 47.0 Å². The van der Waals surface area contributed by atoms with E-state index >= 15 is 0 Å².